The second-order valence-corrected chi connectivity index (χ2v) is 6.15. The zero-order valence-corrected chi connectivity index (χ0v) is 12.4. The van der Waals surface area contributed by atoms with Crippen molar-refractivity contribution in [1.29, 1.82) is 0 Å². The second-order valence-electron chi connectivity index (χ2n) is 5.15. The van der Waals surface area contributed by atoms with E-state index in [9.17, 15) is 0 Å². The summed E-state index contributed by atoms with van der Waals surface area (Å²) in [5.41, 5.74) is 1.44. The van der Waals surface area contributed by atoms with Crippen LogP contribution in [0.4, 0.5) is 0 Å². The Morgan fingerprint density at radius 2 is 2.39 bits per heavy atom. The van der Waals surface area contributed by atoms with E-state index in [1.807, 2.05) is 11.3 Å². The van der Waals surface area contributed by atoms with Gasteiger partial charge < -0.3 is 15.5 Å². The van der Waals surface area contributed by atoms with Crippen LogP contribution >= 0.6 is 11.3 Å². The minimum Gasteiger partial charge on any atom is -0.316 e. The molecule has 0 bridgehead atoms. The van der Waals surface area contributed by atoms with E-state index in [0.717, 1.165) is 26.2 Å². The molecule has 1 unspecified atom stereocenters. The third kappa shape index (κ3) is 4.05. The van der Waals surface area contributed by atoms with Crippen molar-refractivity contribution in [3.63, 3.8) is 0 Å². The van der Waals surface area contributed by atoms with E-state index < -0.39 is 0 Å². The summed E-state index contributed by atoms with van der Waals surface area (Å²) in [5.74, 6) is 0. The van der Waals surface area contributed by atoms with Crippen molar-refractivity contribution in [2.24, 2.45) is 0 Å². The first-order chi connectivity index (χ1) is 8.77. The maximum atomic E-state index is 3.57. The molecule has 1 aromatic heterocycles. The Hall–Kier alpha value is -0.420. The molecule has 2 heterocycles. The largest absolute Gasteiger partial charge is 0.316 e. The Balaban J connectivity index is 1.57. The van der Waals surface area contributed by atoms with Gasteiger partial charge in [0.05, 0.1) is 0 Å². The Morgan fingerprint density at radius 1 is 1.50 bits per heavy atom. The lowest BCUT2D eigenvalue weighted by molar-refractivity contribution is 0.190. The van der Waals surface area contributed by atoms with Gasteiger partial charge in [-0.3, -0.25) is 0 Å². The van der Waals surface area contributed by atoms with E-state index in [2.05, 4.69) is 41.0 Å². The Labute approximate surface area is 115 Å². The highest BCUT2D eigenvalue weighted by Gasteiger charge is 2.17. The van der Waals surface area contributed by atoms with E-state index in [0.29, 0.717) is 6.04 Å². The monoisotopic (exact) mass is 267 g/mol. The van der Waals surface area contributed by atoms with E-state index in [4.69, 9.17) is 0 Å². The number of rotatable bonds is 6. The highest BCUT2D eigenvalue weighted by molar-refractivity contribution is 7.10. The Bertz CT molecular complexity index is 351. The van der Waals surface area contributed by atoms with Crippen molar-refractivity contribution in [3.8, 4) is 0 Å². The van der Waals surface area contributed by atoms with Gasteiger partial charge in [-0.25, -0.2) is 0 Å². The summed E-state index contributed by atoms with van der Waals surface area (Å²) in [7, 11) is 2.24. The summed E-state index contributed by atoms with van der Waals surface area (Å²) in [4.78, 5) is 4.00. The van der Waals surface area contributed by atoms with Gasteiger partial charge in [-0.1, -0.05) is 0 Å². The molecule has 0 aromatic carbocycles. The van der Waals surface area contributed by atoms with Crippen LogP contribution in [0.3, 0.4) is 0 Å². The van der Waals surface area contributed by atoms with Crippen LogP contribution in [-0.2, 0) is 6.42 Å². The van der Waals surface area contributed by atoms with Crippen molar-refractivity contribution < 1.29 is 0 Å². The Kier molecular flexibility index (Phi) is 5.63. The van der Waals surface area contributed by atoms with Crippen molar-refractivity contribution in [2.75, 3.05) is 39.8 Å². The zero-order valence-electron chi connectivity index (χ0n) is 11.5. The highest BCUT2D eigenvalue weighted by atomic mass is 32.1. The molecule has 0 radical (unpaired) electrons. The topological polar surface area (TPSA) is 27.3 Å². The molecular formula is C14H25N3S. The summed E-state index contributed by atoms with van der Waals surface area (Å²) in [5, 5.41) is 9.23. The molecule has 0 spiro atoms. The van der Waals surface area contributed by atoms with Gasteiger partial charge >= 0.3 is 0 Å². The fourth-order valence-corrected chi connectivity index (χ4v) is 3.35. The first-order valence-electron chi connectivity index (χ1n) is 6.92. The number of nitrogens with zero attached hydrogens (tertiary/aromatic N) is 1. The molecule has 0 amide bonds. The molecule has 18 heavy (non-hydrogen) atoms. The number of thiophene rings is 1. The number of hydrogen-bond donors (Lipinski definition) is 2. The van der Waals surface area contributed by atoms with E-state index in [-0.39, 0.29) is 0 Å². The first kappa shape index (κ1) is 14.0. The third-order valence-corrected chi connectivity index (χ3v) is 4.88. The maximum Gasteiger partial charge on any atom is 0.0230 e. The molecule has 2 N–H and O–H groups in total. The van der Waals surface area contributed by atoms with Crippen LogP contribution in [0, 0.1) is 6.92 Å². The molecular weight excluding hydrogens is 242 g/mol. The van der Waals surface area contributed by atoms with Crippen LogP contribution in [-0.4, -0.2) is 50.7 Å². The van der Waals surface area contributed by atoms with Crippen LogP contribution < -0.4 is 10.6 Å². The molecule has 102 valence electrons. The van der Waals surface area contributed by atoms with E-state index in [1.54, 1.807) is 0 Å². The van der Waals surface area contributed by atoms with Gasteiger partial charge in [0, 0.05) is 30.6 Å². The van der Waals surface area contributed by atoms with Gasteiger partial charge in [-0.2, -0.15) is 0 Å². The number of aryl methyl sites for hydroxylation is 1. The predicted molar refractivity (Wildman–Crippen MR) is 79.5 cm³/mol. The summed E-state index contributed by atoms with van der Waals surface area (Å²) in [6.07, 6.45) is 2.41. The molecule has 1 fully saturated rings. The van der Waals surface area contributed by atoms with Crippen LogP contribution in [0.5, 0.6) is 0 Å². The van der Waals surface area contributed by atoms with Crippen molar-refractivity contribution in [1.82, 2.24) is 15.5 Å². The maximum absolute atomic E-state index is 3.57. The third-order valence-electron chi connectivity index (χ3n) is 3.80. The molecule has 1 aromatic rings. The lowest BCUT2D eigenvalue weighted by atomic mass is 10.1. The SMILES string of the molecule is Cc1ccsc1CCNCCC1CNCCN1C. The summed E-state index contributed by atoms with van der Waals surface area (Å²) in [6.45, 7) is 7.89. The van der Waals surface area contributed by atoms with Gasteiger partial charge in [0.2, 0.25) is 0 Å². The molecule has 1 saturated heterocycles. The van der Waals surface area contributed by atoms with E-state index >= 15 is 0 Å². The Morgan fingerprint density at radius 3 is 3.11 bits per heavy atom. The van der Waals surface area contributed by atoms with Gasteiger partial charge in [0.25, 0.3) is 0 Å². The van der Waals surface area contributed by atoms with Gasteiger partial charge in [0.1, 0.15) is 0 Å². The fraction of sp³-hybridized carbons (Fsp3) is 0.714. The minimum atomic E-state index is 0.703. The number of nitrogens with one attached hydrogen (secondary N) is 2. The summed E-state index contributed by atoms with van der Waals surface area (Å²) >= 11 is 1.88. The molecule has 1 aliphatic rings. The highest BCUT2D eigenvalue weighted by Crippen LogP contribution is 2.15. The summed E-state index contributed by atoms with van der Waals surface area (Å²) < 4.78 is 0. The number of likely N-dealkylation sites (N-methyl/N-ethyl adjacent to an activating group) is 1. The van der Waals surface area contributed by atoms with Crippen LogP contribution in [0.1, 0.15) is 16.9 Å². The van der Waals surface area contributed by atoms with E-state index in [1.165, 1.54) is 29.8 Å². The molecule has 0 saturated carbocycles. The van der Waals surface area contributed by atoms with Gasteiger partial charge in [-0.05, 0) is 56.9 Å². The van der Waals surface area contributed by atoms with Gasteiger partial charge in [-0.15, -0.1) is 11.3 Å². The fourth-order valence-electron chi connectivity index (χ4n) is 2.44. The van der Waals surface area contributed by atoms with Crippen molar-refractivity contribution >= 4 is 11.3 Å². The normalized spacial score (nSPS) is 21.3. The zero-order chi connectivity index (χ0) is 12.8. The number of piperazine rings is 1. The average Bonchev–Trinajstić information content (AvgIpc) is 2.77. The lowest BCUT2D eigenvalue weighted by Gasteiger charge is -2.33. The molecule has 1 atom stereocenters. The van der Waals surface area contributed by atoms with Gasteiger partial charge in [0.15, 0.2) is 0 Å². The molecule has 3 nitrogen and oxygen atoms in total. The van der Waals surface area contributed by atoms with Crippen LogP contribution in [0.15, 0.2) is 11.4 Å². The van der Waals surface area contributed by atoms with Crippen LogP contribution in [0.2, 0.25) is 0 Å². The van der Waals surface area contributed by atoms with Crippen LogP contribution in [0.25, 0.3) is 0 Å². The molecule has 0 aliphatic carbocycles. The predicted octanol–water partition coefficient (Wildman–Crippen LogP) is 1.48. The molecule has 4 heteroatoms. The summed E-state index contributed by atoms with van der Waals surface area (Å²) in [6, 6.07) is 2.91. The van der Waals surface area contributed by atoms with Crippen molar-refractivity contribution in [3.05, 3.63) is 21.9 Å². The lowest BCUT2D eigenvalue weighted by Crippen LogP contribution is -2.50. The quantitative estimate of drug-likeness (QED) is 0.765. The molecule has 2 rings (SSSR count). The number of hydrogen-bond acceptors (Lipinski definition) is 4. The minimum absolute atomic E-state index is 0.703. The average molecular weight is 267 g/mol. The first-order valence-corrected chi connectivity index (χ1v) is 7.80. The van der Waals surface area contributed by atoms with Crippen molar-refractivity contribution in [2.45, 2.75) is 25.8 Å². The smallest absolute Gasteiger partial charge is 0.0230 e. The standard InChI is InChI=1S/C14H25N3S/c1-12-5-10-18-14(12)4-7-15-6-3-13-11-16-8-9-17(13)2/h5,10,13,15-16H,3-4,6-9,11H2,1-2H3. The second kappa shape index (κ2) is 7.24. The molecule has 1 aliphatic heterocycles.